The Morgan fingerprint density at radius 2 is 1.80 bits per heavy atom. The third-order valence-electron chi connectivity index (χ3n) is 1.63. The zero-order valence-corrected chi connectivity index (χ0v) is 9.85. The van der Waals surface area contributed by atoms with Crippen LogP contribution in [0.1, 0.15) is 5.56 Å². The van der Waals surface area contributed by atoms with Gasteiger partial charge in [-0.25, -0.2) is 13.1 Å². The summed E-state index contributed by atoms with van der Waals surface area (Å²) in [5.41, 5.74) is 0.613. The number of rotatable bonds is 4. The fraction of sp³-hybridized carbons (Fsp3) is 0.250. The molecule has 1 aromatic carbocycles. The number of sulfonamides is 1. The lowest BCUT2D eigenvalue weighted by atomic mass is 10.2. The van der Waals surface area contributed by atoms with Crippen LogP contribution in [0.3, 0.4) is 0 Å². The van der Waals surface area contributed by atoms with Crippen LogP contribution in [0.25, 0.3) is 0 Å². The van der Waals surface area contributed by atoms with Gasteiger partial charge in [-0.05, 0) is 17.7 Å². The molecule has 0 unspecified atom stereocenters. The summed E-state index contributed by atoms with van der Waals surface area (Å²) in [4.78, 5) is 0. The van der Waals surface area contributed by atoms with Crippen LogP contribution >= 0.6 is 15.9 Å². The largest absolute Gasteiger partial charge is 0.350 e. The van der Waals surface area contributed by atoms with Crippen molar-refractivity contribution in [2.45, 2.75) is 12.3 Å². The molecule has 0 amide bonds. The van der Waals surface area contributed by atoms with Gasteiger partial charge in [0.25, 0.3) is 10.0 Å². The fourth-order valence-corrected chi connectivity index (χ4v) is 1.61. The zero-order chi connectivity index (χ0) is 11.5. The van der Waals surface area contributed by atoms with Gasteiger partial charge in [0.15, 0.2) is 0 Å². The zero-order valence-electron chi connectivity index (χ0n) is 7.45. The van der Waals surface area contributed by atoms with Crippen LogP contribution in [0.5, 0.6) is 0 Å². The molecule has 0 aliphatic heterocycles. The highest BCUT2D eigenvalue weighted by Gasteiger charge is 2.22. The van der Waals surface area contributed by atoms with E-state index < -0.39 is 15.8 Å². The second-order valence-corrected chi connectivity index (χ2v) is 5.40. The molecule has 1 rings (SSSR count). The summed E-state index contributed by atoms with van der Waals surface area (Å²) in [6, 6.07) is 6.67. The molecule has 0 bridgehead atoms. The molecule has 7 heteroatoms. The first-order valence-corrected chi connectivity index (χ1v) is 6.27. The van der Waals surface area contributed by atoms with Crippen LogP contribution in [0.4, 0.5) is 8.78 Å². The summed E-state index contributed by atoms with van der Waals surface area (Å²) in [6.45, 7) is -0.139. The van der Waals surface area contributed by atoms with Crippen LogP contribution in [-0.4, -0.2) is 14.2 Å². The van der Waals surface area contributed by atoms with Crippen molar-refractivity contribution >= 4 is 26.0 Å². The molecule has 15 heavy (non-hydrogen) atoms. The van der Waals surface area contributed by atoms with Crippen LogP contribution < -0.4 is 4.72 Å². The van der Waals surface area contributed by atoms with E-state index in [0.29, 0.717) is 5.56 Å². The first-order valence-electron chi connectivity index (χ1n) is 3.93. The SMILES string of the molecule is O=S(=O)(NCc1ccc(Br)cc1)C(F)F. The molecule has 84 valence electrons. The minimum absolute atomic E-state index is 0.139. The van der Waals surface area contributed by atoms with E-state index in [1.807, 2.05) is 0 Å². The Labute approximate surface area is 94.7 Å². The molecule has 0 spiro atoms. The Balaban J connectivity index is 2.62. The first-order chi connectivity index (χ1) is 6.92. The monoisotopic (exact) mass is 299 g/mol. The van der Waals surface area contributed by atoms with Crippen LogP contribution in [-0.2, 0) is 16.6 Å². The summed E-state index contributed by atoms with van der Waals surface area (Å²) < 4.78 is 47.9. The molecule has 0 saturated carbocycles. The summed E-state index contributed by atoms with van der Waals surface area (Å²) in [5.74, 6) is -3.40. The predicted octanol–water partition coefficient (Wildman–Crippen LogP) is 2.09. The maximum Gasteiger partial charge on any atom is 0.350 e. The van der Waals surface area contributed by atoms with E-state index in [1.165, 1.54) is 0 Å². The highest BCUT2D eigenvalue weighted by Crippen LogP contribution is 2.11. The Morgan fingerprint density at radius 3 is 2.27 bits per heavy atom. The van der Waals surface area contributed by atoms with Gasteiger partial charge in [0.2, 0.25) is 0 Å². The molecule has 0 heterocycles. The molecular formula is C8H8BrF2NO2S. The average molecular weight is 300 g/mol. The smallest absolute Gasteiger partial charge is 0.206 e. The minimum atomic E-state index is -4.50. The summed E-state index contributed by atoms with van der Waals surface area (Å²) in [7, 11) is -4.50. The number of benzene rings is 1. The molecule has 1 N–H and O–H groups in total. The maximum atomic E-state index is 11.9. The standard InChI is InChI=1S/C8H8BrF2NO2S/c9-7-3-1-6(2-4-7)5-12-15(13,14)8(10)11/h1-4,8,12H,5H2. The van der Waals surface area contributed by atoms with Gasteiger partial charge in [0, 0.05) is 11.0 Å². The van der Waals surface area contributed by atoms with Crippen LogP contribution in [0.15, 0.2) is 28.7 Å². The lowest BCUT2D eigenvalue weighted by Crippen LogP contribution is -2.28. The third kappa shape index (κ3) is 3.84. The molecule has 0 atom stereocenters. The van der Waals surface area contributed by atoms with E-state index >= 15 is 0 Å². The third-order valence-corrected chi connectivity index (χ3v) is 3.17. The molecule has 0 saturated heterocycles. The van der Waals surface area contributed by atoms with Gasteiger partial charge >= 0.3 is 5.76 Å². The van der Waals surface area contributed by atoms with Gasteiger partial charge in [0.05, 0.1) is 0 Å². The molecule has 0 radical (unpaired) electrons. The fourth-order valence-electron chi connectivity index (χ4n) is 0.849. The van der Waals surface area contributed by atoms with Crippen molar-refractivity contribution in [2.75, 3.05) is 0 Å². The number of halogens is 3. The molecule has 0 aromatic heterocycles. The lowest BCUT2D eigenvalue weighted by Gasteiger charge is -2.05. The van der Waals surface area contributed by atoms with Gasteiger partial charge in [-0.15, -0.1) is 0 Å². The number of nitrogens with one attached hydrogen (secondary N) is 1. The van der Waals surface area contributed by atoms with E-state index in [1.54, 1.807) is 29.0 Å². The highest BCUT2D eigenvalue weighted by atomic mass is 79.9. The Bertz CT molecular complexity index is 419. The molecule has 3 nitrogen and oxygen atoms in total. The van der Waals surface area contributed by atoms with Gasteiger partial charge in [-0.2, -0.15) is 8.78 Å². The van der Waals surface area contributed by atoms with E-state index in [-0.39, 0.29) is 6.54 Å². The predicted molar refractivity (Wildman–Crippen MR) is 55.9 cm³/mol. The van der Waals surface area contributed by atoms with Crippen molar-refractivity contribution in [3.63, 3.8) is 0 Å². The van der Waals surface area contributed by atoms with Crippen molar-refractivity contribution in [1.29, 1.82) is 0 Å². The Kier molecular flexibility index (Phi) is 4.18. The van der Waals surface area contributed by atoms with Crippen molar-refractivity contribution < 1.29 is 17.2 Å². The van der Waals surface area contributed by atoms with E-state index in [9.17, 15) is 17.2 Å². The quantitative estimate of drug-likeness (QED) is 0.925. The molecular weight excluding hydrogens is 292 g/mol. The van der Waals surface area contributed by atoms with Gasteiger partial charge in [-0.3, -0.25) is 0 Å². The van der Waals surface area contributed by atoms with Crippen LogP contribution in [0.2, 0.25) is 0 Å². The summed E-state index contributed by atoms with van der Waals surface area (Å²) in [6.07, 6.45) is 0. The van der Waals surface area contributed by atoms with Crippen molar-refractivity contribution in [1.82, 2.24) is 4.72 Å². The van der Waals surface area contributed by atoms with E-state index in [0.717, 1.165) is 4.47 Å². The number of hydrogen-bond donors (Lipinski definition) is 1. The average Bonchev–Trinajstić information content (AvgIpc) is 2.17. The van der Waals surface area contributed by atoms with Crippen molar-refractivity contribution in [2.24, 2.45) is 0 Å². The maximum absolute atomic E-state index is 11.9. The Morgan fingerprint density at radius 1 is 1.27 bits per heavy atom. The van der Waals surface area contributed by atoms with E-state index in [2.05, 4.69) is 15.9 Å². The first kappa shape index (κ1) is 12.5. The summed E-state index contributed by atoms with van der Waals surface area (Å²) >= 11 is 3.20. The second-order valence-electron chi connectivity index (χ2n) is 2.75. The topological polar surface area (TPSA) is 46.2 Å². The highest BCUT2D eigenvalue weighted by molar-refractivity contribution is 9.10. The molecule has 0 aliphatic carbocycles. The van der Waals surface area contributed by atoms with Crippen LogP contribution in [0, 0.1) is 0 Å². The van der Waals surface area contributed by atoms with Gasteiger partial charge < -0.3 is 0 Å². The summed E-state index contributed by atoms with van der Waals surface area (Å²) in [5, 5.41) is 0. The van der Waals surface area contributed by atoms with Gasteiger partial charge in [-0.1, -0.05) is 28.1 Å². The Hall–Kier alpha value is -0.530. The second kappa shape index (κ2) is 5.00. The van der Waals surface area contributed by atoms with Crippen molar-refractivity contribution in [3.8, 4) is 0 Å². The molecule has 0 fully saturated rings. The lowest BCUT2D eigenvalue weighted by molar-refractivity contribution is 0.232. The molecule has 0 aliphatic rings. The molecule has 1 aromatic rings. The van der Waals surface area contributed by atoms with E-state index in [4.69, 9.17) is 0 Å². The van der Waals surface area contributed by atoms with Crippen molar-refractivity contribution in [3.05, 3.63) is 34.3 Å². The number of alkyl halides is 2. The van der Waals surface area contributed by atoms with Gasteiger partial charge in [0.1, 0.15) is 0 Å². The number of hydrogen-bond acceptors (Lipinski definition) is 2. The normalized spacial score (nSPS) is 12.0. The minimum Gasteiger partial charge on any atom is -0.206 e.